The highest BCUT2D eigenvalue weighted by molar-refractivity contribution is 9.10. The zero-order valence-corrected chi connectivity index (χ0v) is 12.9. The number of aliphatic hydroxyl groups excluding tert-OH is 1. The number of halogens is 3. The minimum atomic E-state index is -1.07. The monoisotopic (exact) mass is 357 g/mol. The Morgan fingerprint density at radius 1 is 1.20 bits per heavy atom. The Morgan fingerprint density at radius 2 is 1.90 bits per heavy atom. The first-order chi connectivity index (χ1) is 9.56. The van der Waals surface area contributed by atoms with Crippen LogP contribution in [0.3, 0.4) is 0 Å². The summed E-state index contributed by atoms with van der Waals surface area (Å²) in [5.74, 6) is -0.950. The van der Waals surface area contributed by atoms with Crippen LogP contribution in [0.1, 0.15) is 23.1 Å². The number of hydrogen-bond acceptors (Lipinski definition) is 2. The van der Waals surface area contributed by atoms with E-state index in [1.807, 2.05) is 6.07 Å². The maximum absolute atomic E-state index is 14.0. The van der Waals surface area contributed by atoms with E-state index in [9.17, 15) is 9.50 Å². The molecule has 0 saturated heterocycles. The second kappa shape index (κ2) is 6.68. The van der Waals surface area contributed by atoms with Gasteiger partial charge in [0, 0.05) is 27.5 Å². The van der Waals surface area contributed by atoms with Crippen molar-refractivity contribution in [1.29, 1.82) is 0 Å². The van der Waals surface area contributed by atoms with Gasteiger partial charge in [0.05, 0.1) is 6.10 Å². The molecule has 2 rings (SSSR count). The Morgan fingerprint density at radius 3 is 2.50 bits per heavy atom. The summed E-state index contributed by atoms with van der Waals surface area (Å²) in [5, 5.41) is 11.0. The summed E-state index contributed by atoms with van der Waals surface area (Å²) >= 11 is 9.40. The lowest BCUT2D eigenvalue weighted by molar-refractivity contribution is 0.142. The van der Waals surface area contributed by atoms with Crippen LogP contribution in [0.15, 0.2) is 46.9 Å². The van der Waals surface area contributed by atoms with Crippen molar-refractivity contribution >= 4 is 27.5 Å². The lowest BCUT2D eigenvalue weighted by atomic mass is 9.89. The average Bonchev–Trinajstić information content (AvgIpc) is 2.41. The van der Waals surface area contributed by atoms with Gasteiger partial charge >= 0.3 is 0 Å². The first-order valence-electron chi connectivity index (χ1n) is 6.12. The van der Waals surface area contributed by atoms with Crippen LogP contribution in [0.4, 0.5) is 4.39 Å². The highest BCUT2D eigenvalue weighted by atomic mass is 79.9. The third kappa shape index (κ3) is 3.04. The molecule has 0 bridgehead atoms. The van der Waals surface area contributed by atoms with Crippen LogP contribution in [-0.2, 0) is 0 Å². The van der Waals surface area contributed by atoms with Crippen molar-refractivity contribution in [1.82, 2.24) is 0 Å². The van der Waals surface area contributed by atoms with E-state index in [0.29, 0.717) is 15.1 Å². The number of rotatable bonds is 4. The van der Waals surface area contributed by atoms with Crippen LogP contribution in [0.2, 0.25) is 5.02 Å². The van der Waals surface area contributed by atoms with E-state index in [1.165, 1.54) is 6.07 Å². The van der Waals surface area contributed by atoms with E-state index in [1.54, 1.807) is 30.3 Å². The van der Waals surface area contributed by atoms with Crippen LogP contribution < -0.4 is 5.73 Å². The van der Waals surface area contributed by atoms with Crippen LogP contribution in [0, 0.1) is 5.82 Å². The summed E-state index contributed by atoms with van der Waals surface area (Å²) in [6.45, 7) is 0.158. The maximum Gasteiger partial charge on any atom is 0.130 e. The maximum atomic E-state index is 14.0. The smallest absolute Gasteiger partial charge is 0.130 e. The molecule has 2 unspecified atom stereocenters. The molecular weight excluding hydrogens is 345 g/mol. The lowest BCUT2D eigenvalue weighted by Crippen LogP contribution is -2.21. The molecular formula is C15H14BrClFNO. The van der Waals surface area contributed by atoms with Crippen LogP contribution >= 0.6 is 27.5 Å². The van der Waals surface area contributed by atoms with Crippen molar-refractivity contribution in [3.8, 4) is 0 Å². The molecule has 0 radical (unpaired) electrons. The number of hydrogen-bond donors (Lipinski definition) is 2. The van der Waals surface area contributed by atoms with Gasteiger partial charge in [0.25, 0.3) is 0 Å². The molecule has 2 nitrogen and oxygen atoms in total. The summed E-state index contributed by atoms with van der Waals surface area (Å²) in [6, 6.07) is 11.7. The molecule has 0 amide bonds. The lowest BCUT2D eigenvalue weighted by Gasteiger charge is -2.24. The first-order valence-corrected chi connectivity index (χ1v) is 7.29. The Balaban J connectivity index is 2.45. The molecule has 0 aromatic heterocycles. The zero-order chi connectivity index (χ0) is 14.7. The van der Waals surface area contributed by atoms with Gasteiger partial charge < -0.3 is 10.8 Å². The average molecular weight is 359 g/mol. The van der Waals surface area contributed by atoms with E-state index in [-0.39, 0.29) is 12.1 Å². The third-order valence-electron chi connectivity index (χ3n) is 3.24. The third-order valence-corrected chi connectivity index (χ3v) is 4.27. The van der Waals surface area contributed by atoms with Gasteiger partial charge in [0.15, 0.2) is 0 Å². The van der Waals surface area contributed by atoms with Gasteiger partial charge in [0.1, 0.15) is 5.82 Å². The molecule has 5 heteroatoms. The van der Waals surface area contributed by atoms with Gasteiger partial charge in [-0.15, -0.1) is 0 Å². The Labute approximate surface area is 130 Å². The number of nitrogens with two attached hydrogens (primary N) is 1. The van der Waals surface area contributed by atoms with E-state index in [0.717, 1.165) is 0 Å². The van der Waals surface area contributed by atoms with E-state index < -0.39 is 17.8 Å². The molecule has 0 aliphatic heterocycles. The molecule has 2 atom stereocenters. The van der Waals surface area contributed by atoms with Crippen LogP contribution in [0.5, 0.6) is 0 Å². The van der Waals surface area contributed by atoms with Crippen molar-refractivity contribution in [2.45, 2.75) is 12.0 Å². The minimum Gasteiger partial charge on any atom is -0.388 e. The normalized spacial score (nSPS) is 14.1. The molecule has 3 N–H and O–H groups in total. The van der Waals surface area contributed by atoms with Crippen LogP contribution in [-0.4, -0.2) is 11.7 Å². The molecule has 0 aliphatic rings. The second-order valence-electron chi connectivity index (χ2n) is 4.44. The summed E-state index contributed by atoms with van der Waals surface area (Å²) in [6.07, 6.45) is -1.07. The summed E-state index contributed by atoms with van der Waals surface area (Å²) < 4.78 is 14.5. The highest BCUT2D eigenvalue weighted by Crippen LogP contribution is 2.37. The summed E-state index contributed by atoms with van der Waals surface area (Å²) in [5.41, 5.74) is 6.66. The fourth-order valence-electron chi connectivity index (χ4n) is 2.20. The van der Waals surface area contributed by atoms with Gasteiger partial charge in [-0.05, 0) is 23.8 Å². The fourth-order valence-corrected chi connectivity index (χ4v) is 3.05. The molecule has 2 aromatic rings. The predicted octanol–water partition coefficient (Wildman–Crippen LogP) is 4.02. The quantitative estimate of drug-likeness (QED) is 0.867. The summed E-state index contributed by atoms with van der Waals surface area (Å²) in [4.78, 5) is 0. The Bertz CT molecular complexity index is 588. The van der Waals surface area contributed by atoms with E-state index in [4.69, 9.17) is 17.3 Å². The first kappa shape index (κ1) is 15.4. The van der Waals surface area contributed by atoms with E-state index >= 15 is 0 Å². The predicted molar refractivity (Wildman–Crippen MR) is 82.3 cm³/mol. The topological polar surface area (TPSA) is 46.2 Å². The standard InChI is InChI=1S/C15H14BrClFNO/c16-11-5-3-7-13(18)14(11)15(20)10(8-19)9-4-1-2-6-12(9)17/h1-7,10,15,20H,8,19H2. The van der Waals surface area contributed by atoms with Crippen molar-refractivity contribution in [3.05, 3.63) is 68.9 Å². The second-order valence-corrected chi connectivity index (χ2v) is 5.71. The molecule has 0 fully saturated rings. The molecule has 0 saturated carbocycles. The molecule has 0 spiro atoms. The fraction of sp³-hybridized carbons (Fsp3) is 0.200. The molecule has 20 heavy (non-hydrogen) atoms. The Kier molecular flexibility index (Phi) is 5.16. The molecule has 106 valence electrons. The van der Waals surface area contributed by atoms with Crippen molar-refractivity contribution in [3.63, 3.8) is 0 Å². The van der Waals surface area contributed by atoms with Crippen molar-refractivity contribution in [2.75, 3.05) is 6.54 Å². The highest BCUT2D eigenvalue weighted by Gasteiger charge is 2.27. The van der Waals surface area contributed by atoms with Crippen molar-refractivity contribution < 1.29 is 9.50 Å². The van der Waals surface area contributed by atoms with Gasteiger partial charge in [-0.25, -0.2) is 4.39 Å². The van der Waals surface area contributed by atoms with Crippen molar-refractivity contribution in [2.24, 2.45) is 5.73 Å². The number of benzene rings is 2. The SMILES string of the molecule is NCC(c1ccccc1Cl)C(O)c1c(F)cccc1Br. The zero-order valence-electron chi connectivity index (χ0n) is 10.6. The van der Waals surface area contributed by atoms with Crippen LogP contribution in [0.25, 0.3) is 0 Å². The van der Waals surface area contributed by atoms with Gasteiger partial charge in [0.2, 0.25) is 0 Å². The molecule has 0 heterocycles. The minimum absolute atomic E-state index is 0.158. The largest absolute Gasteiger partial charge is 0.388 e. The van der Waals surface area contributed by atoms with Gasteiger partial charge in [-0.3, -0.25) is 0 Å². The van der Waals surface area contributed by atoms with Gasteiger partial charge in [-0.1, -0.05) is 51.8 Å². The number of aliphatic hydroxyl groups is 1. The summed E-state index contributed by atoms with van der Waals surface area (Å²) in [7, 11) is 0. The molecule has 0 aliphatic carbocycles. The van der Waals surface area contributed by atoms with E-state index in [2.05, 4.69) is 15.9 Å². The van der Waals surface area contributed by atoms with Gasteiger partial charge in [-0.2, -0.15) is 0 Å². The molecule has 2 aromatic carbocycles. The Hall–Kier alpha value is -0.940.